The minimum Gasteiger partial charge on any atom is -0.598 e. The molecular formula is C21H24N2OS. The van der Waals surface area contributed by atoms with Gasteiger partial charge in [0.2, 0.25) is 0 Å². The van der Waals surface area contributed by atoms with Gasteiger partial charge >= 0.3 is 0 Å². The highest BCUT2D eigenvalue weighted by molar-refractivity contribution is 7.90. The topological polar surface area (TPSA) is 48.0 Å². The fourth-order valence-corrected chi connectivity index (χ4v) is 3.48. The van der Waals surface area contributed by atoms with Crippen molar-refractivity contribution >= 4 is 22.3 Å². The second kappa shape index (κ2) is 7.56. The summed E-state index contributed by atoms with van der Waals surface area (Å²) in [5, 5.41) is 1.13. The summed E-state index contributed by atoms with van der Waals surface area (Å²) in [4.78, 5) is 4.77. The van der Waals surface area contributed by atoms with E-state index in [1.807, 2.05) is 57.2 Å². The molecule has 1 aromatic heterocycles. The number of rotatable bonds is 5. The number of hydrogen-bond donors (Lipinski definition) is 1. The van der Waals surface area contributed by atoms with Crippen molar-refractivity contribution in [2.24, 2.45) is 0 Å². The Morgan fingerprint density at radius 3 is 2.36 bits per heavy atom. The zero-order valence-electron chi connectivity index (χ0n) is 14.9. The van der Waals surface area contributed by atoms with Gasteiger partial charge in [-0.3, -0.25) is 4.98 Å². The molecule has 0 aliphatic carbocycles. The smallest absolute Gasteiger partial charge is 0.136 e. The molecule has 0 aliphatic rings. The quantitative estimate of drug-likeness (QED) is 0.684. The van der Waals surface area contributed by atoms with Gasteiger partial charge in [0.25, 0.3) is 0 Å². The van der Waals surface area contributed by atoms with Gasteiger partial charge in [0, 0.05) is 28.9 Å². The molecule has 0 bridgehead atoms. The highest BCUT2D eigenvalue weighted by Gasteiger charge is 2.30. The third-order valence-corrected chi connectivity index (χ3v) is 5.69. The Labute approximate surface area is 152 Å². The molecule has 2 aromatic carbocycles. The van der Waals surface area contributed by atoms with E-state index in [0.717, 1.165) is 22.2 Å². The first kappa shape index (κ1) is 17.9. The number of nitrogens with zero attached hydrogens (tertiary/aromatic N) is 1. The molecule has 0 unspecified atom stereocenters. The van der Waals surface area contributed by atoms with Crippen LogP contribution in [0.3, 0.4) is 0 Å². The fourth-order valence-electron chi connectivity index (χ4n) is 2.65. The molecule has 0 aliphatic heterocycles. The number of benzene rings is 2. The summed E-state index contributed by atoms with van der Waals surface area (Å²) in [6.07, 6.45) is 0.691. The Morgan fingerprint density at radius 2 is 1.64 bits per heavy atom. The fraction of sp³-hybridized carbons (Fsp3) is 0.286. The average Bonchev–Trinajstić information content (AvgIpc) is 2.61. The molecule has 1 N–H and O–H groups in total. The van der Waals surface area contributed by atoms with Gasteiger partial charge in [-0.15, -0.1) is 4.72 Å². The number of hydrogen-bond acceptors (Lipinski definition) is 3. The van der Waals surface area contributed by atoms with Crippen LogP contribution in [-0.2, 0) is 17.8 Å². The highest BCUT2D eigenvalue weighted by Crippen LogP contribution is 2.23. The number of nitrogens with one attached hydrogen (secondary N) is 1. The summed E-state index contributed by atoms with van der Waals surface area (Å²) in [7, 11) is 0. The Hall–Kier alpha value is -1.88. The van der Waals surface area contributed by atoms with Crippen LogP contribution in [0.5, 0.6) is 0 Å². The van der Waals surface area contributed by atoms with Crippen molar-refractivity contribution in [2.45, 2.75) is 38.0 Å². The SMILES string of the molecule is CC(C)(C)[S@@+]([O-])N[C@H](Cc1ccc2ccccc2n1)c1ccccc1. The van der Waals surface area contributed by atoms with Crippen LogP contribution < -0.4 is 4.72 Å². The molecule has 0 spiro atoms. The number of pyridine rings is 1. The minimum absolute atomic E-state index is 0.0464. The van der Waals surface area contributed by atoms with Crippen LogP contribution in [0.25, 0.3) is 10.9 Å². The standard InChI is InChI=1S/C21H24N2OS/c1-21(2,3)25(24)23-20(16-9-5-4-6-10-16)15-18-14-13-17-11-7-8-12-19(17)22-18/h4-14,20,23H,15H2,1-3H3/t20-,25-/m1/s1. The summed E-state index contributed by atoms with van der Waals surface area (Å²) in [6, 6.07) is 22.4. The lowest BCUT2D eigenvalue weighted by atomic mass is 10.0. The summed E-state index contributed by atoms with van der Waals surface area (Å²) in [6.45, 7) is 5.94. The Balaban J connectivity index is 1.88. The van der Waals surface area contributed by atoms with E-state index < -0.39 is 11.4 Å². The summed E-state index contributed by atoms with van der Waals surface area (Å²) >= 11 is -1.15. The van der Waals surface area contributed by atoms with E-state index in [9.17, 15) is 4.55 Å². The first-order chi connectivity index (χ1) is 11.9. The van der Waals surface area contributed by atoms with Gasteiger partial charge in [0.15, 0.2) is 0 Å². The third-order valence-electron chi connectivity index (χ3n) is 4.08. The van der Waals surface area contributed by atoms with Gasteiger partial charge in [0.1, 0.15) is 4.75 Å². The Morgan fingerprint density at radius 1 is 0.960 bits per heavy atom. The molecule has 1 heterocycles. The van der Waals surface area contributed by atoms with Gasteiger partial charge in [-0.2, -0.15) is 0 Å². The monoisotopic (exact) mass is 352 g/mol. The van der Waals surface area contributed by atoms with E-state index in [1.54, 1.807) is 0 Å². The predicted octanol–water partition coefficient (Wildman–Crippen LogP) is 4.57. The normalized spacial score (nSPS) is 14.4. The van der Waals surface area contributed by atoms with Crippen LogP contribution in [0.4, 0.5) is 0 Å². The second-order valence-electron chi connectivity index (χ2n) is 7.16. The first-order valence-corrected chi connectivity index (χ1v) is 9.66. The molecule has 4 heteroatoms. The van der Waals surface area contributed by atoms with Crippen LogP contribution in [0.2, 0.25) is 0 Å². The van der Waals surface area contributed by atoms with Crippen molar-refractivity contribution in [2.75, 3.05) is 0 Å². The van der Waals surface area contributed by atoms with Gasteiger partial charge in [-0.1, -0.05) is 54.6 Å². The number of fused-ring (bicyclic) bond motifs is 1. The Bertz CT molecular complexity index is 830. The molecular weight excluding hydrogens is 328 g/mol. The summed E-state index contributed by atoms with van der Waals surface area (Å²) in [5.74, 6) is 0. The van der Waals surface area contributed by atoms with Crippen LogP contribution in [0, 0.1) is 0 Å². The van der Waals surface area contributed by atoms with Crippen molar-refractivity contribution in [1.29, 1.82) is 0 Å². The molecule has 25 heavy (non-hydrogen) atoms. The van der Waals surface area contributed by atoms with Gasteiger partial charge in [0.05, 0.1) is 11.6 Å². The molecule has 2 atom stereocenters. The van der Waals surface area contributed by atoms with E-state index in [-0.39, 0.29) is 10.8 Å². The van der Waals surface area contributed by atoms with Crippen molar-refractivity contribution in [3.05, 3.63) is 78.0 Å². The first-order valence-electron chi connectivity index (χ1n) is 8.51. The van der Waals surface area contributed by atoms with E-state index in [4.69, 9.17) is 4.98 Å². The van der Waals surface area contributed by atoms with Crippen LogP contribution in [0.1, 0.15) is 38.1 Å². The van der Waals surface area contributed by atoms with E-state index >= 15 is 0 Å². The lowest BCUT2D eigenvalue weighted by molar-refractivity contribution is 0.521. The molecule has 0 saturated carbocycles. The van der Waals surface area contributed by atoms with Crippen LogP contribution in [0.15, 0.2) is 66.7 Å². The van der Waals surface area contributed by atoms with E-state index in [0.29, 0.717) is 6.42 Å². The summed E-state index contributed by atoms with van der Waals surface area (Å²) < 4.78 is 15.6. The maximum atomic E-state index is 12.6. The maximum Gasteiger partial charge on any atom is 0.136 e. The molecule has 0 radical (unpaired) electrons. The second-order valence-corrected chi connectivity index (χ2v) is 9.16. The average molecular weight is 353 g/mol. The molecule has 0 amide bonds. The maximum absolute atomic E-state index is 12.6. The minimum atomic E-state index is -1.15. The van der Waals surface area contributed by atoms with E-state index in [2.05, 4.69) is 35.1 Å². The van der Waals surface area contributed by atoms with Crippen molar-refractivity contribution in [3.8, 4) is 0 Å². The molecule has 130 valence electrons. The molecule has 0 saturated heterocycles. The largest absolute Gasteiger partial charge is 0.598 e. The van der Waals surface area contributed by atoms with Crippen molar-refractivity contribution < 1.29 is 4.55 Å². The molecule has 0 fully saturated rings. The van der Waals surface area contributed by atoms with Gasteiger partial charge < -0.3 is 4.55 Å². The molecule has 3 aromatic rings. The summed E-state index contributed by atoms with van der Waals surface area (Å²) in [5.41, 5.74) is 3.10. The highest BCUT2D eigenvalue weighted by atomic mass is 32.2. The third kappa shape index (κ3) is 4.60. The number of para-hydroxylation sites is 1. The van der Waals surface area contributed by atoms with Gasteiger partial charge in [-0.25, -0.2) is 0 Å². The Kier molecular flexibility index (Phi) is 5.42. The number of aromatic nitrogens is 1. The molecule has 3 nitrogen and oxygen atoms in total. The molecule has 3 rings (SSSR count). The van der Waals surface area contributed by atoms with Crippen molar-refractivity contribution in [1.82, 2.24) is 9.71 Å². The zero-order valence-corrected chi connectivity index (χ0v) is 15.7. The van der Waals surface area contributed by atoms with Crippen LogP contribution >= 0.6 is 0 Å². The van der Waals surface area contributed by atoms with Crippen LogP contribution in [-0.4, -0.2) is 14.3 Å². The zero-order chi connectivity index (χ0) is 17.9. The van der Waals surface area contributed by atoms with Gasteiger partial charge in [-0.05, 0) is 38.5 Å². The lowest BCUT2D eigenvalue weighted by Gasteiger charge is -2.28. The van der Waals surface area contributed by atoms with E-state index in [1.165, 1.54) is 0 Å². The lowest BCUT2D eigenvalue weighted by Crippen LogP contribution is -2.41. The van der Waals surface area contributed by atoms with Crippen molar-refractivity contribution in [3.63, 3.8) is 0 Å². The predicted molar refractivity (Wildman–Crippen MR) is 106 cm³/mol.